The van der Waals surface area contributed by atoms with Gasteiger partial charge in [-0.1, -0.05) is 53.5 Å². The Bertz CT molecular complexity index is 808. The topological polar surface area (TPSA) is 58.6 Å². The third-order valence-electron chi connectivity index (χ3n) is 4.61. The van der Waals surface area contributed by atoms with Gasteiger partial charge in [-0.2, -0.15) is 0 Å². The lowest BCUT2D eigenvalue weighted by Gasteiger charge is -2.28. The number of hydrogen-bond donors (Lipinski definition) is 1. The normalized spacial score (nSPS) is 11.6. The Morgan fingerprint density at radius 1 is 1.17 bits per heavy atom. The van der Waals surface area contributed by atoms with Crippen LogP contribution >= 0.6 is 15.9 Å². The van der Waals surface area contributed by atoms with E-state index in [1.54, 1.807) is 11.8 Å². The number of carbonyl (C=O) groups is 2. The molecule has 0 bridgehead atoms. The first kappa shape index (κ1) is 22.9. The molecule has 5 nitrogen and oxygen atoms in total. The van der Waals surface area contributed by atoms with Crippen LogP contribution in [0.3, 0.4) is 0 Å². The molecule has 6 heteroatoms. The summed E-state index contributed by atoms with van der Waals surface area (Å²) >= 11 is 3.42. The number of amides is 2. The van der Waals surface area contributed by atoms with Gasteiger partial charge in [0.25, 0.3) is 5.91 Å². The Hall–Kier alpha value is -2.34. The highest BCUT2D eigenvalue weighted by Gasteiger charge is 2.26. The van der Waals surface area contributed by atoms with E-state index in [1.807, 2.05) is 55.5 Å². The van der Waals surface area contributed by atoms with Gasteiger partial charge < -0.3 is 15.0 Å². The van der Waals surface area contributed by atoms with Gasteiger partial charge >= 0.3 is 0 Å². The standard InChI is InChI=1S/C23H29BrN2O3/c1-4-5-13-25-23(28)18(3)26(15-19-9-11-20(24)12-10-19)22(27)16-29-21-8-6-7-17(2)14-21/h6-12,14,18H,4-5,13,15-16H2,1-3H3,(H,25,28)/t18-/m0/s1. The molecule has 0 radical (unpaired) electrons. The summed E-state index contributed by atoms with van der Waals surface area (Å²) in [5, 5.41) is 2.91. The van der Waals surface area contributed by atoms with Crippen molar-refractivity contribution in [1.29, 1.82) is 0 Å². The van der Waals surface area contributed by atoms with Gasteiger partial charge in [0.2, 0.25) is 5.91 Å². The number of rotatable bonds is 10. The molecule has 0 aliphatic rings. The van der Waals surface area contributed by atoms with Gasteiger partial charge in [0.1, 0.15) is 11.8 Å². The molecule has 2 aromatic carbocycles. The molecule has 156 valence electrons. The molecule has 1 atom stereocenters. The average Bonchev–Trinajstić information content (AvgIpc) is 2.71. The minimum atomic E-state index is -0.593. The first-order valence-corrected chi connectivity index (χ1v) is 10.7. The van der Waals surface area contributed by atoms with Gasteiger partial charge in [-0.05, 0) is 55.7 Å². The second-order valence-corrected chi connectivity index (χ2v) is 7.99. The van der Waals surface area contributed by atoms with E-state index in [0.717, 1.165) is 28.4 Å². The maximum atomic E-state index is 13.0. The van der Waals surface area contributed by atoms with Crippen molar-refractivity contribution in [3.63, 3.8) is 0 Å². The fourth-order valence-electron chi connectivity index (χ4n) is 2.84. The van der Waals surface area contributed by atoms with Crippen LogP contribution in [-0.2, 0) is 16.1 Å². The molecule has 0 spiro atoms. The van der Waals surface area contributed by atoms with Crippen LogP contribution in [0, 0.1) is 6.92 Å². The molecule has 2 aromatic rings. The van der Waals surface area contributed by atoms with Crippen LogP contribution in [0.1, 0.15) is 37.8 Å². The fraction of sp³-hybridized carbons (Fsp3) is 0.391. The summed E-state index contributed by atoms with van der Waals surface area (Å²) in [4.78, 5) is 27.1. The minimum absolute atomic E-state index is 0.118. The van der Waals surface area contributed by atoms with Crippen molar-refractivity contribution < 1.29 is 14.3 Å². The Labute approximate surface area is 181 Å². The van der Waals surface area contributed by atoms with Crippen LogP contribution in [0.2, 0.25) is 0 Å². The Kier molecular flexibility index (Phi) is 9.19. The molecule has 0 saturated heterocycles. The SMILES string of the molecule is CCCCNC(=O)[C@H](C)N(Cc1ccc(Br)cc1)C(=O)COc1cccc(C)c1. The molecule has 0 aliphatic carbocycles. The number of ether oxygens (including phenoxy) is 1. The maximum absolute atomic E-state index is 13.0. The zero-order chi connectivity index (χ0) is 21.2. The molecule has 0 unspecified atom stereocenters. The first-order valence-electron chi connectivity index (χ1n) is 9.91. The van der Waals surface area contributed by atoms with Gasteiger partial charge in [-0.3, -0.25) is 9.59 Å². The number of hydrogen-bond acceptors (Lipinski definition) is 3. The monoisotopic (exact) mass is 460 g/mol. The molecule has 2 rings (SSSR count). The zero-order valence-corrected chi connectivity index (χ0v) is 18.9. The van der Waals surface area contributed by atoms with Crippen molar-refractivity contribution >= 4 is 27.7 Å². The summed E-state index contributed by atoms with van der Waals surface area (Å²) in [6.45, 7) is 6.63. The summed E-state index contributed by atoms with van der Waals surface area (Å²) in [6, 6.07) is 14.7. The summed E-state index contributed by atoms with van der Waals surface area (Å²) in [5.41, 5.74) is 2.01. The van der Waals surface area contributed by atoms with Gasteiger partial charge in [0.15, 0.2) is 6.61 Å². The van der Waals surface area contributed by atoms with Crippen LogP contribution in [0.15, 0.2) is 53.0 Å². The van der Waals surface area contributed by atoms with E-state index in [4.69, 9.17) is 4.74 Å². The van der Waals surface area contributed by atoms with E-state index in [-0.39, 0.29) is 18.4 Å². The summed E-state index contributed by atoms with van der Waals surface area (Å²) in [6.07, 6.45) is 1.91. The Morgan fingerprint density at radius 2 is 1.90 bits per heavy atom. The van der Waals surface area contributed by atoms with Crippen LogP contribution in [0.4, 0.5) is 0 Å². The van der Waals surface area contributed by atoms with E-state index < -0.39 is 6.04 Å². The number of aryl methyl sites for hydroxylation is 1. The minimum Gasteiger partial charge on any atom is -0.484 e. The van der Waals surface area contributed by atoms with Crippen molar-refractivity contribution in [2.45, 2.75) is 46.2 Å². The number of benzene rings is 2. The number of nitrogens with one attached hydrogen (secondary N) is 1. The summed E-state index contributed by atoms with van der Waals surface area (Å²) in [7, 11) is 0. The molecule has 0 aliphatic heterocycles. The van der Waals surface area contributed by atoms with Gasteiger partial charge in [0, 0.05) is 17.6 Å². The van der Waals surface area contributed by atoms with Gasteiger partial charge in [-0.25, -0.2) is 0 Å². The third kappa shape index (κ3) is 7.54. The quantitative estimate of drug-likeness (QED) is 0.532. The van der Waals surface area contributed by atoms with E-state index in [0.29, 0.717) is 18.8 Å². The largest absolute Gasteiger partial charge is 0.484 e. The average molecular weight is 461 g/mol. The summed E-state index contributed by atoms with van der Waals surface area (Å²) in [5.74, 6) is 0.258. The van der Waals surface area contributed by atoms with Crippen molar-refractivity contribution in [3.8, 4) is 5.75 Å². The predicted molar refractivity (Wildman–Crippen MR) is 119 cm³/mol. The summed E-state index contributed by atoms with van der Waals surface area (Å²) < 4.78 is 6.65. The number of halogens is 1. The smallest absolute Gasteiger partial charge is 0.261 e. The molecule has 1 N–H and O–H groups in total. The second kappa shape index (κ2) is 11.6. The number of nitrogens with zero attached hydrogens (tertiary/aromatic N) is 1. The first-order chi connectivity index (χ1) is 13.9. The molecule has 0 fully saturated rings. The molecule has 2 amide bonds. The molecule has 0 aromatic heterocycles. The van der Waals surface area contributed by atoms with Crippen molar-refractivity contribution in [1.82, 2.24) is 10.2 Å². The zero-order valence-electron chi connectivity index (χ0n) is 17.3. The Balaban J connectivity index is 2.10. The van der Waals surface area contributed by atoms with Crippen molar-refractivity contribution in [2.24, 2.45) is 0 Å². The highest BCUT2D eigenvalue weighted by Crippen LogP contribution is 2.16. The van der Waals surface area contributed by atoms with Crippen LogP contribution in [-0.4, -0.2) is 35.9 Å². The molecule has 0 saturated carbocycles. The van der Waals surface area contributed by atoms with Crippen molar-refractivity contribution in [3.05, 3.63) is 64.1 Å². The van der Waals surface area contributed by atoms with Crippen LogP contribution < -0.4 is 10.1 Å². The molecule has 29 heavy (non-hydrogen) atoms. The lowest BCUT2D eigenvalue weighted by Crippen LogP contribution is -2.49. The lowest BCUT2D eigenvalue weighted by molar-refractivity contribution is -0.142. The van der Waals surface area contributed by atoms with Crippen molar-refractivity contribution in [2.75, 3.05) is 13.2 Å². The lowest BCUT2D eigenvalue weighted by atomic mass is 10.1. The fourth-order valence-corrected chi connectivity index (χ4v) is 3.10. The predicted octanol–water partition coefficient (Wildman–Crippen LogP) is 4.47. The van der Waals surface area contributed by atoms with E-state index in [9.17, 15) is 9.59 Å². The van der Waals surface area contributed by atoms with Gasteiger partial charge in [0.05, 0.1) is 0 Å². The molecule has 0 heterocycles. The highest BCUT2D eigenvalue weighted by atomic mass is 79.9. The number of unbranched alkanes of at least 4 members (excludes halogenated alkanes) is 1. The maximum Gasteiger partial charge on any atom is 0.261 e. The van der Waals surface area contributed by atoms with E-state index in [1.165, 1.54) is 0 Å². The van der Waals surface area contributed by atoms with Crippen LogP contribution in [0.25, 0.3) is 0 Å². The van der Waals surface area contributed by atoms with Crippen LogP contribution in [0.5, 0.6) is 5.75 Å². The highest BCUT2D eigenvalue weighted by molar-refractivity contribution is 9.10. The van der Waals surface area contributed by atoms with Gasteiger partial charge in [-0.15, -0.1) is 0 Å². The van der Waals surface area contributed by atoms with E-state index in [2.05, 4.69) is 28.2 Å². The third-order valence-corrected chi connectivity index (χ3v) is 5.14. The second-order valence-electron chi connectivity index (χ2n) is 7.07. The van der Waals surface area contributed by atoms with E-state index >= 15 is 0 Å². The number of carbonyl (C=O) groups excluding carboxylic acids is 2. The molecular weight excluding hydrogens is 432 g/mol. The molecular formula is C23H29BrN2O3. The Morgan fingerprint density at radius 3 is 2.55 bits per heavy atom.